The van der Waals surface area contributed by atoms with Gasteiger partial charge in [-0.25, -0.2) is 0 Å². The van der Waals surface area contributed by atoms with E-state index in [9.17, 15) is 4.79 Å². The van der Waals surface area contributed by atoms with Crippen LogP contribution in [0.15, 0.2) is 0 Å². The molecule has 0 heterocycles. The number of hydrogen-bond acceptors (Lipinski definition) is 2. The average molecular weight is 284 g/mol. The van der Waals surface area contributed by atoms with Gasteiger partial charge in [0.15, 0.2) is 0 Å². The SMILES string of the molecule is CCC(C)CCCCCOC(=O)CCCCC(C)CC. The van der Waals surface area contributed by atoms with Crippen LogP contribution in [0.25, 0.3) is 0 Å². The van der Waals surface area contributed by atoms with Crippen LogP contribution < -0.4 is 0 Å². The van der Waals surface area contributed by atoms with Gasteiger partial charge < -0.3 is 4.74 Å². The molecular weight excluding hydrogens is 248 g/mol. The minimum Gasteiger partial charge on any atom is -0.466 e. The van der Waals surface area contributed by atoms with Crippen LogP contribution in [0.4, 0.5) is 0 Å². The molecule has 0 rings (SSSR count). The molecule has 0 amide bonds. The van der Waals surface area contributed by atoms with Crippen molar-refractivity contribution in [3.05, 3.63) is 0 Å². The van der Waals surface area contributed by atoms with Gasteiger partial charge in [-0.2, -0.15) is 0 Å². The minimum atomic E-state index is -0.00363. The lowest BCUT2D eigenvalue weighted by Gasteiger charge is -2.09. The average Bonchev–Trinajstić information content (AvgIpc) is 2.46. The van der Waals surface area contributed by atoms with Crippen LogP contribution in [0.5, 0.6) is 0 Å². The molecule has 0 spiro atoms. The van der Waals surface area contributed by atoms with Gasteiger partial charge in [0, 0.05) is 6.42 Å². The maximum Gasteiger partial charge on any atom is 0.305 e. The summed E-state index contributed by atoms with van der Waals surface area (Å²) >= 11 is 0. The van der Waals surface area contributed by atoms with Crippen molar-refractivity contribution in [2.75, 3.05) is 6.61 Å². The molecule has 0 fully saturated rings. The van der Waals surface area contributed by atoms with Crippen LogP contribution in [0.1, 0.15) is 91.9 Å². The van der Waals surface area contributed by atoms with Gasteiger partial charge >= 0.3 is 5.97 Å². The van der Waals surface area contributed by atoms with Crippen molar-refractivity contribution >= 4 is 5.97 Å². The van der Waals surface area contributed by atoms with E-state index < -0.39 is 0 Å². The zero-order valence-electron chi connectivity index (χ0n) is 14.2. The second kappa shape index (κ2) is 13.5. The van der Waals surface area contributed by atoms with Crippen molar-refractivity contribution in [1.29, 1.82) is 0 Å². The number of unbranched alkanes of at least 4 members (excludes halogenated alkanes) is 3. The lowest BCUT2D eigenvalue weighted by molar-refractivity contribution is -0.143. The van der Waals surface area contributed by atoms with E-state index in [4.69, 9.17) is 4.74 Å². The summed E-state index contributed by atoms with van der Waals surface area (Å²) in [5, 5.41) is 0. The Hall–Kier alpha value is -0.530. The van der Waals surface area contributed by atoms with Crippen LogP contribution >= 0.6 is 0 Å². The van der Waals surface area contributed by atoms with E-state index in [2.05, 4.69) is 27.7 Å². The van der Waals surface area contributed by atoms with Gasteiger partial charge in [-0.15, -0.1) is 0 Å². The van der Waals surface area contributed by atoms with E-state index in [0.717, 1.165) is 31.1 Å². The van der Waals surface area contributed by atoms with Crippen molar-refractivity contribution in [2.45, 2.75) is 91.9 Å². The van der Waals surface area contributed by atoms with Crippen molar-refractivity contribution in [2.24, 2.45) is 11.8 Å². The summed E-state index contributed by atoms with van der Waals surface area (Å²) in [4.78, 5) is 11.5. The third kappa shape index (κ3) is 12.5. The Morgan fingerprint density at radius 3 is 1.95 bits per heavy atom. The third-order valence-electron chi connectivity index (χ3n) is 4.33. The monoisotopic (exact) mass is 284 g/mol. The molecule has 0 aliphatic heterocycles. The molecule has 0 saturated heterocycles. The highest BCUT2D eigenvalue weighted by atomic mass is 16.5. The molecule has 2 nitrogen and oxygen atoms in total. The fraction of sp³-hybridized carbons (Fsp3) is 0.944. The molecule has 0 bridgehead atoms. The van der Waals surface area contributed by atoms with Crippen LogP contribution in [0.3, 0.4) is 0 Å². The predicted octanol–water partition coefficient (Wildman–Crippen LogP) is 5.74. The summed E-state index contributed by atoms with van der Waals surface area (Å²) in [6, 6.07) is 0. The lowest BCUT2D eigenvalue weighted by atomic mass is 10.0. The standard InChI is InChI=1S/C18H36O2/c1-5-16(3)12-8-7-11-15-20-18(19)14-10-9-13-17(4)6-2/h16-17H,5-15H2,1-4H3. The summed E-state index contributed by atoms with van der Waals surface area (Å²) in [6.07, 6.45) is 11.3. The Balaban J connectivity index is 3.28. The normalized spacial score (nSPS) is 14.0. The Morgan fingerprint density at radius 1 is 0.850 bits per heavy atom. The van der Waals surface area contributed by atoms with Crippen LogP contribution in [0, 0.1) is 11.8 Å². The van der Waals surface area contributed by atoms with Gasteiger partial charge in [-0.05, 0) is 24.7 Å². The smallest absolute Gasteiger partial charge is 0.305 e. The first-order valence-electron chi connectivity index (χ1n) is 8.75. The molecule has 0 saturated carbocycles. The quantitative estimate of drug-likeness (QED) is 0.318. The molecule has 0 N–H and O–H groups in total. The molecule has 20 heavy (non-hydrogen) atoms. The number of rotatable bonds is 13. The zero-order chi connectivity index (χ0) is 15.2. The fourth-order valence-corrected chi connectivity index (χ4v) is 2.20. The van der Waals surface area contributed by atoms with Crippen LogP contribution in [-0.2, 0) is 9.53 Å². The molecule has 0 aromatic heterocycles. The molecule has 0 aromatic rings. The van der Waals surface area contributed by atoms with E-state index in [1.807, 2.05) is 0 Å². The number of ether oxygens (including phenoxy) is 1. The minimum absolute atomic E-state index is 0.00363. The van der Waals surface area contributed by atoms with Crippen LogP contribution in [-0.4, -0.2) is 12.6 Å². The lowest BCUT2D eigenvalue weighted by Crippen LogP contribution is -2.06. The number of hydrogen-bond donors (Lipinski definition) is 0. The van der Waals surface area contributed by atoms with Crippen LogP contribution in [0.2, 0.25) is 0 Å². The fourth-order valence-electron chi connectivity index (χ4n) is 2.20. The van der Waals surface area contributed by atoms with Gasteiger partial charge in [0.1, 0.15) is 0 Å². The van der Waals surface area contributed by atoms with Crippen molar-refractivity contribution < 1.29 is 9.53 Å². The Kier molecular flexibility index (Phi) is 13.1. The molecule has 120 valence electrons. The highest BCUT2D eigenvalue weighted by molar-refractivity contribution is 5.69. The first-order valence-corrected chi connectivity index (χ1v) is 8.75. The molecular formula is C18H36O2. The van der Waals surface area contributed by atoms with E-state index in [-0.39, 0.29) is 5.97 Å². The molecule has 2 unspecified atom stereocenters. The summed E-state index contributed by atoms with van der Waals surface area (Å²) in [6.45, 7) is 9.66. The molecule has 0 aliphatic carbocycles. The third-order valence-corrected chi connectivity index (χ3v) is 4.33. The topological polar surface area (TPSA) is 26.3 Å². The molecule has 2 atom stereocenters. The maximum absolute atomic E-state index is 11.5. The first kappa shape index (κ1) is 19.5. The summed E-state index contributed by atoms with van der Waals surface area (Å²) < 4.78 is 5.27. The van der Waals surface area contributed by atoms with Gasteiger partial charge in [0.25, 0.3) is 0 Å². The highest BCUT2D eigenvalue weighted by Crippen LogP contribution is 2.13. The van der Waals surface area contributed by atoms with Gasteiger partial charge in [-0.1, -0.05) is 72.6 Å². The summed E-state index contributed by atoms with van der Waals surface area (Å²) in [5.74, 6) is 1.62. The van der Waals surface area contributed by atoms with E-state index in [0.29, 0.717) is 13.0 Å². The predicted molar refractivity (Wildman–Crippen MR) is 86.8 cm³/mol. The van der Waals surface area contributed by atoms with Crippen molar-refractivity contribution in [1.82, 2.24) is 0 Å². The highest BCUT2D eigenvalue weighted by Gasteiger charge is 2.04. The van der Waals surface area contributed by atoms with Gasteiger partial charge in [-0.3, -0.25) is 4.79 Å². The van der Waals surface area contributed by atoms with Crippen molar-refractivity contribution in [3.63, 3.8) is 0 Å². The molecule has 0 radical (unpaired) electrons. The van der Waals surface area contributed by atoms with E-state index >= 15 is 0 Å². The van der Waals surface area contributed by atoms with Gasteiger partial charge in [0.05, 0.1) is 6.61 Å². The Bertz CT molecular complexity index is 225. The maximum atomic E-state index is 11.5. The second-order valence-corrected chi connectivity index (χ2v) is 6.34. The van der Waals surface area contributed by atoms with E-state index in [1.165, 1.54) is 38.5 Å². The molecule has 0 aliphatic rings. The largest absolute Gasteiger partial charge is 0.466 e. The zero-order valence-corrected chi connectivity index (χ0v) is 14.2. The van der Waals surface area contributed by atoms with E-state index in [1.54, 1.807) is 0 Å². The number of esters is 1. The second-order valence-electron chi connectivity index (χ2n) is 6.34. The van der Waals surface area contributed by atoms with Crippen molar-refractivity contribution in [3.8, 4) is 0 Å². The Labute approximate surface area is 126 Å². The first-order chi connectivity index (χ1) is 9.60. The molecule has 2 heteroatoms. The number of carbonyl (C=O) groups is 1. The summed E-state index contributed by atoms with van der Waals surface area (Å²) in [5.41, 5.74) is 0. The van der Waals surface area contributed by atoms with Gasteiger partial charge in [0.2, 0.25) is 0 Å². The molecule has 0 aromatic carbocycles. The Morgan fingerprint density at radius 2 is 1.40 bits per heavy atom. The summed E-state index contributed by atoms with van der Waals surface area (Å²) in [7, 11) is 0. The number of carbonyl (C=O) groups excluding carboxylic acids is 1.